The van der Waals surface area contributed by atoms with Crippen molar-refractivity contribution in [1.82, 2.24) is 5.32 Å². The lowest BCUT2D eigenvalue weighted by Gasteiger charge is -2.25. The lowest BCUT2D eigenvalue weighted by atomic mass is 10.1. The lowest BCUT2D eigenvalue weighted by molar-refractivity contribution is -0.149. The van der Waals surface area contributed by atoms with Crippen LogP contribution in [0.4, 0.5) is 0 Å². The van der Waals surface area contributed by atoms with Crippen LogP contribution in [0.15, 0.2) is 0 Å². The molecule has 1 saturated carbocycles. The SMILES string of the molecule is CCOC(=O)C(NC1CCCC1)C1CCCO1. The number of carbonyl (C=O) groups excluding carboxylic acids is 1. The van der Waals surface area contributed by atoms with Gasteiger partial charge in [-0.05, 0) is 32.6 Å². The second-order valence-corrected chi connectivity index (χ2v) is 4.93. The van der Waals surface area contributed by atoms with Gasteiger partial charge in [0.2, 0.25) is 0 Å². The van der Waals surface area contributed by atoms with Gasteiger partial charge in [-0.2, -0.15) is 0 Å². The van der Waals surface area contributed by atoms with Crippen molar-refractivity contribution in [3.63, 3.8) is 0 Å². The molecule has 0 aromatic rings. The molecule has 4 heteroatoms. The molecule has 1 aliphatic carbocycles. The molecule has 0 radical (unpaired) electrons. The fourth-order valence-electron chi connectivity index (χ4n) is 2.77. The van der Waals surface area contributed by atoms with Crippen molar-refractivity contribution in [2.75, 3.05) is 13.2 Å². The highest BCUT2D eigenvalue weighted by molar-refractivity contribution is 5.76. The minimum atomic E-state index is -0.263. The van der Waals surface area contributed by atoms with E-state index in [2.05, 4.69) is 5.32 Å². The molecule has 0 spiro atoms. The number of hydrogen-bond acceptors (Lipinski definition) is 4. The second-order valence-electron chi connectivity index (χ2n) is 4.93. The van der Waals surface area contributed by atoms with Gasteiger partial charge in [-0.1, -0.05) is 12.8 Å². The van der Waals surface area contributed by atoms with Gasteiger partial charge in [0.25, 0.3) is 0 Å². The minimum Gasteiger partial charge on any atom is -0.465 e. The number of hydrogen-bond donors (Lipinski definition) is 1. The maximum atomic E-state index is 12.0. The van der Waals surface area contributed by atoms with Gasteiger partial charge in [0.05, 0.1) is 12.7 Å². The predicted octanol–water partition coefficient (Wildman–Crippen LogP) is 1.63. The minimum absolute atomic E-state index is 0.00894. The van der Waals surface area contributed by atoms with Gasteiger partial charge < -0.3 is 9.47 Å². The Morgan fingerprint density at radius 1 is 1.35 bits per heavy atom. The highest BCUT2D eigenvalue weighted by Gasteiger charge is 2.34. The van der Waals surface area contributed by atoms with Crippen LogP contribution in [0.1, 0.15) is 45.4 Å². The van der Waals surface area contributed by atoms with Crippen molar-refractivity contribution >= 4 is 5.97 Å². The molecular formula is C13H23NO3. The normalized spacial score (nSPS) is 27.2. The van der Waals surface area contributed by atoms with E-state index in [4.69, 9.17) is 9.47 Å². The number of ether oxygens (including phenoxy) is 2. The highest BCUT2D eigenvalue weighted by Crippen LogP contribution is 2.22. The van der Waals surface area contributed by atoms with Crippen molar-refractivity contribution in [3.05, 3.63) is 0 Å². The molecule has 0 bridgehead atoms. The molecule has 1 aliphatic heterocycles. The molecule has 1 saturated heterocycles. The fourth-order valence-corrected chi connectivity index (χ4v) is 2.77. The molecule has 2 aliphatic rings. The Morgan fingerprint density at radius 2 is 2.12 bits per heavy atom. The van der Waals surface area contributed by atoms with Crippen molar-refractivity contribution < 1.29 is 14.3 Å². The fraction of sp³-hybridized carbons (Fsp3) is 0.923. The summed E-state index contributed by atoms with van der Waals surface area (Å²) < 4.78 is 10.8. The van der Waals surface area contributed by atoms with Crippen LogP contribution in [0.25, 0.3) is 0 Å². The van der Waals surface area contributed by atoms with E-state index in [1.54, 1.807) is 0 Å². The maximum absolute atomic E-state index is 12.0. The van der Waals surface area contributed by atoms with Gasteiger partial charge in [0, 0.05) is 12.6 Å². The quantitative estimate of drug-likeness (QED) is 0.743. The average molecular weight is 241 g/mol. The first kappa shape index (κ1) is 12.8. The van der Waals surface area contributed by atoms with Gasteiger partial charge >= 0.3 is 5.97 Å². The topological polar surface area (TPSA) is 47.6 Å². The third kappa shape index (κ3) is 3.42. The summed E-state index contributed by atoms with van der Waals surface area (Å²) in [6, 6.07) is 0.203. The number of carbonyl (C=O) groups is 1. The number of esters is 1. The summed E-state index contributed by atoms with van der Waals surface area (Å²) in [7, 11) is 0. The lowest BCUT2D eigenvalue weighted by Crippen LogP contribution is -2.50. The van der Waals surface area contributed by atoms with Crippen molar-refractivity contribution in [2.24, 2.45) is 0 Å². The van der Waals surface area contributed by atoms with Crippen molar-refractivity contribution in [2.45, 2.75) is 63.6 Å². The molecule has 1 N–H and O–H groups in total. The summed E-state index contributed by atoms with van der Waals surface area (Å²) in [6.45, 7) is 3.06. The van der Waals surface area contributed by atoms with E-state index in [1.165, 1.54) is 25.7 Å². The van der Waals surface area contributed by atoms with Crippen molar-refractivity contribution in [3.8, 4) is 0 Å². The first-order valence-electron chi connectivity index (χ1n) is 6.85. The summed E-state index contributed by atoms with van der Waals surface area (Å²) in [4.78, 5) is 12.0. The zero-order valence-corrected chi connectivity index (χ0v) is 10.6. The van der Waals surface area contributed by atoms with Crippen LogP contribution < -0.4 is 5.32 Å². The van der Waals surface area contributed by atoms with Crippen LogP contribution in [0.3, 0.4) is 0 Å². The Hall–Kier alpha value is -0.610. The van der Waals surface area contributed by atoms with E-state index in [9.17, 15) is 4.79 Å². The molecule has 1 heterocycles. The zero-order chi connectivity index (χ0) is 12.1. The number of rotatable bonds is 5. The Morgan fingerprint density at radius 3 is 2.71 bits per heavy atom. The Kier molecular flexibility index (Phi) is 4.80. The van der Waals surface area contributed by atoms with Crippen LogP contribution in [0.2, 0.25) is 0 Å². The van der Waals surface area contributed by atoms with Gasteiger partial charge in [0.15, 0.2) is 0 Å². The van der Waals surface area contributed by atoms with Crippen LogP contribution >= 0.6 is 0 Å². The average Bonchev–Trinajstić information content (AvgIpc) is 2.99. The Bertz CT molecular complexity index is 245. The molecule has 98 valence electrons. The molecule has 17 heavy (non-hydrogen) atoms. The molecular weight excluding hydrogens is 218 g/mol. The van der Waals surface area contributed by atoms with E-state index in [0.717, 1.165) is 19.4 Å². The molecule has 2 unspecified atom stereocenters. The summed E-state index contributed by atoms with van der Waals surface area (Å²) >= 11 is 0. The molecule has 0 aromatic heterocycles. The third-order valence-corrected chi connectivity index (χ3v) is 3.65. The van der Waals surface area contributed by atoms with Crippen LogP contribution in [0.5, 0.6) is 0 Å². The molecule has 4 nitrogen and oxygen atoms in total. The molecule has 2 atom stereocenters. The van der Waals surface area contributed by atoms with E-state index in [0.29, 0.717) is 12.6 Å². The molecule has 2 rings (SSSR count). The van der Waals surface area contributed by atoms with Crippen molar-refractivity contribution in [1.29, 1.82) is 0 Å². The van der Waals surface area contributed by atoms with Gasteiger partial charge in [-0.3, -0.25) is 10.1 Å². The predicted molar refractivity (Wildman–Crippen MR) is 64.8 cm³/mol. The summed E-state index contributed by atoms with van der Waals surface area (Å²) in [5, 5.41) is 3.44. The van der Waals surface area contributed by atoms with Gasteiger partial charge in [0.1, 0.15) is 6.04 Å². The zero-order valence-electron chi connectivity index (χ0n) is 10.6. The maximum Gasteiger partial charge on any atom is 0.325 e. The molecule has 2 fully saturated rings. The second kappa shape index (κ2) is 6.36. The molecule has 0 amide bonds. The standard InChI is InChI=1S/C13H23NO3/c1-2-16-13(15)12(11-8-5-9-17-11)14-10-6-3-4-7-10/h10-12,14H,2-9H2,1H3. The highest BCUT2D eigenvalue weighted by atomic mass is 16.5. The largest absolute Gasteiger partial charge is 0.465 e. The van der Waals surface area contributed by atoms with E-state index in [-0.39, 0.29) is 18.1 Å². The summed E-state index contributed by atoms with van der Waals surface area (Å²) in [5.74, 6) is -0.147. The van der Waals surface area contributed by atoms with Gasteiger partial charge in [-0.15, -0.1) is 0 Å². The van der Waals surface area contributed by atoms with E-state index < -0.39 is 0 Å². The molecule has 0 aromatic carbocycles. The number of nitrogens with one attached hydrogen (secondary N) is 1. The summed E-state index contributed by atoms with van der Waals surface area (Å²) in [5.41, 5.74) is 0. The smallest absolute Gasteiger partial charge is 0.325 e. The van der Waals surface area contributed by atoms with Crippen LogP contribution in [0, 0.1) is 0 Å². The summed E-state index contributed by atoms with van der Waals surface area (Å²) in [6.07, 6.45) is 6.88. The van der Waals surface area contributed by atoms with Gasteiger partial charge in [-0.25, -0.2) is 0 Å². The first-order chi connectivity index (χ1) is 8.31. The third-order valence-electron chi connectivity index (χ3n) is 3.65. The van der Waals surface area contributed by atoms with Crippen LogP contribution in [-0.2, 0) is 14.3 Å². The van der Waals surface area contributed by atoms with E-state index >= 15 is 0 Å². The Balaban J connectivity index is 1.92. The Labute approximate surface area is 103 Å². The van der Waals surface area contributed by atoms with Crippen LogP contribution in [-0.4, -0.2) is 37.4 Å². The van der Waals surface area contributed by atoms with E-state index in [1.807, 2.05) is 6.92 Å². The first-order valence-corrected chi connectivity index (χ1v) is 6.85. The monoisotopic (exact) mass is 241 g/mol.